The van der Waals surface area contributed by atoms with E-state index < -0.39 is 0 Å². The van der Waals surface area contributed by atoms with Gasteiger partial charge in [0.25, 0.3) is 0 Å². The lowest BCUT2D eigenvalue weighted by Gasteiger charge is -2.27. The fourth-order valence-corrected chi connectivity index (χ4v) is 2.07. The van der Waals surface area contributed by atoms with Crippen molar-refractivity contribution in [2.75, 3.05) is 26.8 Å². The molecule has 4 heteroatoms. The van der Waals surface area contributed by atoms with Crippen molar-refractivity contribution in [1.82, 2.24) is 5.32 Å². The lowest BCUT2D eigenvalue weighted by molar-refractivity contribution is 0.283. The van der Waals surface area contributed by atoms with Crippen LogP contribution >= 0.6 is 0 Å². The molecule has 0 aliphatic carbocycles. The van der Waals surface area contributed by atoms with Crippen LogP contribution in [0.2, 0.25) is 0 Å². The van der Waals surface area contributed by atoms with Gasteiger partial charge in [-0.1, -0.05) is 13.8 Å². The quantitative estimate of drug-likeness (QED) is 0.712. The van der Waals surface area contributed by atoms with Crippen LogP contribution in [0.15, 0.2) is 18.2 Å². The van der Waals surface area contributed by atoms with Crippen LogP contribution in [-0.4, -0.2) is 31.9 Å². The molecule has 0 heterocycles. The molecule has 19 heavy (non-hydrogen) atoms. The smallest absolute Gasteiger partial charge is 0.123 e. The van der Waals surface area contributed by atoms with Crippen LogP contribution < -0.4 is 10.1 Å². The minimum absolute atomic E-state index is 0.216. The first-order chi connectivity index (χ1) is 9.01. The molecular formula is C15H24FNO2. The van der Waals surface area contributed by atoms with E-state index in [0.29, 0.717) is 5.75 Å². The van der Waals surface area contributed by atoms with Gasteiger partial charge in [-0.3, -0.25) is 0 Å². The average molecular weight is 269 g/mol. The normalized spacial score (nSPS) is 11.6. The molecule has 0 aromatic heterocycles. The number of hydrogen-bond donors (Lipinski definition) is 2. The molecule has 0 unspecified atom stereocenters. The summed E-state index contributed by atoms with van der Waals surface area (Å²) in [4.78, 5) is 0. The highest BCUT2D eigenvalue weighted by Gasteiger charge is 2.24. The number of methoxy groups -OCH3 is 1. The number of ether oxygens (including phenoxy) is 1. The SMILES string of the molecule is COc1ccc(F)cc1C(C)(C)CNCCCCO. The zero-order valence-corrected chi connectivity index (χ0v) is 12.0. The summed E-state index contributed by atoms with van der Waals surface area (Å²) < 4.78 is 18.7. The third-order valence-electron chi connectivity index (χ3n) is 3.22. The van der Waals surface area contributed by atoms with Gasteiger partial charge in [0.1, 0.15) is 11.6 Å². The standard InChI is InChI=1S/C15H24FNO2/c1-15(2,11-17-8-4-5-9-18)13-10-12(16)6-7-14(13)19-3/h6-7,10,17-18H,4-5,8-9,11H2,1-3H3. The maximum absolute atomic E-state index is 13.4. The van der Waals surface area contributed by atoms with Crippen LogP contribution in [0.1, 0.15) is 32.3 Å². The number of halogens is 1. The number of benzene rings is 1. The Labute approximate surface area is 114 Å². The van der Waals surface area contributed by atoms with Crippen molar-refractivity contribution in [3.63, 3.8) is 0 Å². The Hall–Kier alpha value is -1.13. The predicted octanol–water partition coefficient (Wildman–Crippen LogP) is 2.47. The number of aliphatic hydroxyl groups excluding tert-OH is 1. The summed E-state index contributed by atoms with van der Waals surface area (Å²) in [7, 11) is 1.60. The largest absolute Gasteiger partial charge is 0.496 e. The summed E-state index contributed by atoms with van der Waals surface area (Å²) in [6.07, 6.45) is 1.74. The topological polar surface area (TPSA) is 41.5 Å². The highest BCUT2D eigenvalue weighted by molar-refractivity contribution is 5.39. The molecule has 1 aromatic rings. The second-order valence-electron chi connectivity index (χ2n) is 5.34. The molecule has 0 fully saturated rings. The van der Waals surface area contributed by atoms with Crippen LogP contribution in [0.25, 0.3) is 0 Å². The van der Waals surface area contributed by atoms with E-state index in [1.54, 1.807) is 13.2 Å². The minimum Gasteiger partial charge on any atom is -0.496 e. The molecule has 0 aliphatic heterocycles. The molecule has 0 saturated carbocycles. The second-order valence-corrected chi connectivity index (χ2v) is 5.34. The van der Waals surface area contributed by atoms with E-state index in [-0.39, 0.29) is 17.8 Å². The summed E-state index contributed by atoms with van der Waals surface area (Å²) in [5.41, 5.74) is 0.650. The molecule has 1 rings (SSSR count). The van der Waals surface area contributed by atoms with Gasteiger partial charge in [0, 0.05) is 24.1 Å². The summed E-state index contributed by atoms with van der Waals surface area (Å²) >= 11 is 0. The fraction of sp³-hybridized carbons (Fsp3) is 0.600. The van der Waals surface area contributed by atoms with Gasteiger partial charge in [0.15, 0.2) is 0 Å². The van der Waals surface area contributed by atoms with Gasteiger partial charge in [0.2, 0.25) is 0 Å². The van der Waals surface area contributed by atoms with Crippen molar-refractivity contribution >= 4 is 0 Å². The number of unbranched alkanes of at least 4 members (excludes halogenated alkanes) is 1. The third-order valence-corrected chi connectivity index (χ3v) is 3.22. The first-order valence-corrected chi connectivity index (χ1v) is 6.67. The Kier molecular flexibility index (Phi) is 6.25. The second kappa shape index (κ2) is 7.46. The zero-order valence-electron chi connectivity index (χ0n) is 12.0. The van der Waals surface area contributed by atoms with Crippen molar-refractivity contribution in [3.05, 3.63) is 29.6 Å². The van der Waals surface area contributed by atoms with E-state index in [2.05, 4.69) is 19.2 Å². The zero-order chi connectivity index (χ0) is 14.3. The van der Waals surface area contributed by atoms with Gasteiger partial charge in [-0.05, 0) is 37.6 Å². The molecule has 0 spiro atoms. The van der Waals surface area contributed by atoms with Crippen molar-refractivity contribution < 1.29 is 14.2 Å². The Balaban J connectivity index is 2.67. The van der Waals surface area contributed by atoms with Crippen LogP contribution in [0.3, 0.4) is 0 Å². The number of aliphatic hydroxyl groups is 1. The van der Waals surface area contributed by atoms with Crippen molar-refractivity contribution in [1.29, 1.82) is 0 Å². The fourth-order valence-electron chi connectivity index (χ4n) is 2.07. The molecule has 108 valence electrons. The van der Waals surface area contributed by atoms with Crippen LogP contribution in [0.4, 0.5) is 4.39 Å². The van der Waals surface area contributed by atoms with E-state index in [1.807, 2.05) is 0 Å². The molecule has 0 bridgehead atoms. The van der Waals surface area contributed by atoms with E-state index in [0.717, 1.165) is 31.5 Å². The van der Waals surface area contributed by atoms with Crippen molar-refractivity contribution in [3.8, 4) is 5.75 Å². The highest BCUT2D eigenvalue weighted by atomic mass is 19.1. The molecule has 0 aliphatic rings. The Morgan fingerprint density at radius 3 is 2.68 bits per heavy atom. The Morgan fingerprint density at radius 1 is 1.32 bits per heavy atom. The lowest BCUT2D eigenvalue weighted by atomic mass is 9.83. The molecule has 0 amide bonds. The van der Waals surface area contributed by atoms with Crippen LogP contribution in [0, 0.1) is 5.82 Å². The summed E-state index contributed by atoms with van der Waals surface area (Å²) in [5.74, 6) is 0.465. The number of rotatable bonds is 8. The van der Waals surface area contributed by atoms with E-state index in [9.17, 15) is 4.39 Å². The summed E-state index contributed by atoms with van der Waals surface area (Å²) in [6.45, 7) is 5.93. The van der Waals surface area contributed by atoms with Gasteiger partial charge in [0.05, 0.1) is 7.11 Å². The molecule has 1 aromatic carbocycles. The number of nitrogens with one attached hydrogen (secondary N) is 1. The minimum atomic E-state index is -0.246. The summed E-state index contributed by atoms with van der Waals surface area (Å²) in [5, 5.41) is 12.1. The summed E-state index contributed by atoms with van der Waals surface area (Å²) in [6, 6.07) is 4.61. The lowest BCUT2D eigenvalue weighted by Crippen LogP contribution is -2.34. The molecule has 2 N–H and O–H groups in total. The monoisotopic (exact) mass is 269 g/mol. The molecular weight excluding hydrogens is 245 g/mol. The van der Waals surface area contributed by atoms with E-state index in [1.165, 1.54) is 12.1 Å². The maximum atomic E-state index is 13.4. The molecule has 0 saturated heterocycles. The van der Waals surface area contributed by atoms with Crippen LogP contribution in [-0.2, 0) is 5.41 Å². The predicted molar refractivity (Wildman–Crippen MR) is 75.2 cm³/mol. The molecule has 0 atom stereocenters. The first kappa shape index (κ1) is 15.9. The highest BCUT2D eigenvalue weighted by Crippen LogP contribution is 2.31. The maximum Gasteiger partial charge on any atom is 0.123 e. The Bertz CT molecular complexity index is 394. The van der Waals surface area contributed by atoms with Crippen LogP contribution in [0.5, 0.6) is 5.75 Å². The third kappa shape index (κ3) is 4.80. The van der Waals surface area contributed by atoms with Crippen molar-refractivity contribution in [2.24, 2.45) is 0 Å². The first-order valence-electron chi connectivity index (χ1n) is 6.67. The van der Waals surface area contributed by atoms with E-state index in [4.69, 9.17) is 9.84 Å². The Morgan fingerprint density at radius 2 is 2.05 bits per heavy atom. The molecule has 0 radical (unpaired) electrons. The number of hydrogen-bond acceptors (Lipinski definition) is 3. The van der Waals surface area contributed by atoms with Gasteiger partial charge < -0.3 is 15.2 Å². The van der Waals surface area contributed by atoms with E-state index >= 15 is 0 Å². The van der Waals surface area contributed by atoms with Gasteiger partial charge in [-0.15, -0.1) is 0 Å². The van der Waals surface area contributed by atoms with Gasteiger partial charge >= 0.3 is 0 Å². The van der Waals surface area contributed by atoms with Crippen molar-refractivity contribution in [2.45, 2.75) is 32.1 Å². The van der Waals surface area contributed by atoms with Gasteiger partial charge in [-0.25, -0.2) is 4.39 Å². The molecule has 3 nitrogen and oxygen atoms in total. The average Bonchev–Trinajstić information content (AvgIpc) is 2.38. The van der Waals surface area contributed by atoms with Gasteiger partial charge in [-0.2, -0.15) is 0 Å².